The van der Waals surface area contributed by atoms with E-state index in [4.69, 9.17) is 0 Å². The molecule has 5 heteroatoms. The van der Waals surface area contributed by atoms with Crippen LogP contribution in [-0.2, 0) is 0 Å². The second-order valence-corrected chi connectivity index (χ2v) is 4.85. The molecule has 2 aromatic rings. The van der Waals surface area contributed by atoms with Gasteiger partial charge in [-0.15, -0.1) is 0 Å². The molecule has 0 radical (unpaired) electrons. The van der Waals surface area contributed by atoms with Crippen molar-refractivity contribution in [3.8, 4) is 0 Å². The molecule has 0 heterocycles. The Morgan fingerprint density at radius 3 is 2.52 bits per heavy atom. The Kier molecular flexibility index (Phi) is 4.85. The number of nitrogens with zero attached hydrogens (tertiary/aromatic N) is 1. The van der Waals surface area contributed by atoms with Crippen molar-refractivity contribution >= 4 is 5.69 Å². The molecule has 0 aliphatic rings. The fourth-order valence-corrected chi connectivity index (χ4v) is 2.09. The van der Waals surface area contributed by atoms with Crippen molar-refractivity contribution in [3.63, 3.8) is 0 Å². The Balaban J connectivity index is 2.00. The molecule has 0 saturated heterocycles. The highest BCUT2D eigenvalue weighted by Gasteiger charge is 2.16. The molecule has 0 saturated carbocycles. The Morgan fingerprint density at radius 1 is 1.10 bits per heavy atom. The molecule has 2 nitrogen and oxygen atoms in total. The third kappa shape index (κ3) is 3.76. The number of aliphatic hydroxyl groups is 1. The van der Waals surface area contributed by atoms with Gasteiger partial charge in [-0.25, -0.2) is 13.2 Å². The minimum absolute atomic E-state index is 0.0670. The second-order valence-electron chi connectivity index (χ2n) is 4.85. The van der Waals surface area contributed by atoms with Gasteiger partial charge in [-0.1, -0.05) is 18.2 Å². The van der Waals surface area contributed by atoms with Gasteiger partial charge in [0.2, 0.25) is 0 Å². The maximum atomic E-state index is 13.6. The summed E-state index contributed by atoms with van der Waals surface area (Å²) in [5.74, 6) is -2.36. The Bertz CT molecular complexity index is 618. The van der Waals surface area contributed by atoms with E-state index in [1.165, 1.54) is 24.3 Å². The van der Waals surface area contributed by atoms with E-state index in [9.17, 15) is 18.3 Å². The molecule has 1 unspecified atom stereocenters. The van der Waals surface area contributed by atoms with Crippen LogP contribution in [0.2, 0.25) is 0 Å². The monoisotopic (exact) mass is 295 g/mol. The average Bonchev–Trinajstić information content (AvgIpc) is 2.47. The van der Waals surface area contributed by atoms with Crippen molar-refractivity contribution in [2.75, 3.05) is 18.5 Å². The van der Waals surface area contributed by atoms with Crippen LogP contribution in [0.4, 0.5) is 18.9 Å². The number of hydrogen-bond acceptors (Lipinski definition) is 2. The van der Waals surface area contributed by atoms with Gasteiger partial charge in [0, 0.05) is 24.8 Å². The van der Waals surface area contributed by atoms with E-state index in [0.717, 1.165) is 6.07 Å². The highest BCUT2D eigenvalue weighted by atomic mass is 19.2. The first-order valence-corrected chi connectivity index (χ1v) is 6.57. The van der Waals surface area contributed by atoms with E-state index in [1.54, 1.807) is 24.1 Å². The lowest BCUT2D eigenvalue weighted by Gasteiger charge is -2.21. The van der Waals surface area contributed by atoms with Gasteiger partial charge in [0.15, 0.2) is 11.6 Å². The van der Waals surface area contributed by atoms with E-state index in [1.807, 2.05) is 0 Å². The van der Waals surface area contributed by atoms with Crippen LogP contribution < -0.4 is 4.90 Å². The van der Waals surface area contributed by atoms with Crippen LogP contribution in [0.3, 0.4) is 0 Å². The highest BCUT2D eigenvalue weighted by Crippen LogP contribution is 2.23. The molecule has 0 fully saturated rings. The zero-order chi connectivity index (χ0) is 15.4. The van der Waals surface area contributed by atoms with Crippen LogP contribution in [0, 0.1) is 17.5 Å². The van der Waals surface area contributed by atoms with Crippen molar-refractivity contribution in [2.45, 2.75) is 12.5 Å². The number of rotatable bonds is 5. The quantitative estimate of drug-likeness (QED) is 0.910. The molecule has 21 heavy (non-hydrogen) atoms. The summed E-state index contributed by atoms with van der Waals surface area (Å²) in [6.45, 7) is 0.376. The van der Waals surface area contributed by atoms with Gasteiger partial charge >= 0.3 is 0 Å². The number of halogens is 3. The van der Waals surface area contributed by atoms with Gasteiger partial charge in [0.1, 0.15) is 5.82 Å². The summed E-state index contributed by atoms with van der Waals surface area (Å²) in [6, 6.07) is 9.74. The molecular weight excluding hydrogens is 279 g/mol. The molecule has 0 spiro atoms. The summed E-state index contributed by atoms with van der Waals surface area (Å²) >= 11 is 0. The van der Waals surface area contributed by atoms with Crippen LogP contribution in [0.25, 0.3) is 0 Å². The van der Waals surface area contributed by atoms with Gasteiger partial charge < -0.3 is 10.0 Å². The first kappa shape index (κ1) is 15.4. The lowest BCUT2D eigenvalue weighted by molar-refractivity contribution is 0.164. The summed E-state index contributed by atoms with van der Waals surface area (Å²) in [7, 11) is 1.74. The minimum atomic E-state index is -1.11. The minimum Gasteiger partial charge on any atom is -0.388 e. The fourth-order valence-electron chi connectivity index (χ4n) is 2.09. The zero-order valence-electron chi connectivity index (χ0n) is 11.6. The van der Waals surface area contributed by atoms with Gasteiger partial charge in [-0.2, -0.15) is 0 Å². The third-order valence-electron chi connectivity index (χ3n) is 3.33. The topological polar surface area (TPSA) is 23.5 Å². The number of anilines is 1. The van der Waals surface area contributed by atoms with Gasteiger partial charge in [0.25, 0.3) is 0 Å². The lowest BCUT2D eigenvalue weighted by atomic mass is 10.1. The van der Waals surface area contributed by atoms with Crippen LogP contribution in [0.5, 0.6) is 0 Å². The highest BCUT2D eigenvalue weighted by molar-refractivity contribution is 5.45. The molecule has 1 atom stereocenters. The van der Waals surface area contributed by atoms with Crippen LogP contribution in [0.15, 0.2) is 42.5 Å². The summed E-state index contributed by atoms with van der Waals surface area (Å²) < 4.78 is 39.8. The summed E-state index contributed by atoms with van der Waals surface area (Å²) in [5, 5.41) is 9.97. The Labute approximate surface area is 121 Å². The summed E-state index contributed by atoms with van der Waals surface area (Å²) in [6.07, 6.45) is -0.912. The van der Waals surface area contributed by atoms with E-state index >= 15 is 0 Å². The second kappa shape index (κ2) is 6.63. The molecule has 0 aliphatic heterocycles. The Hall–Kier alpha value is -2.01. The smallest absolute Gasteiger partial charge is 0.164 e. The first-order valence-electron chi connectivity index (χ1n) is 6.57. The number of benzene rings is 2. The maximum absolute atomic E-state index is 13.6. The van der Waals surface area contributed by atoms with E-state index in [-0.39, 0.29) is 17.8 Å². The average molecular weight is 295 g/mol. The molecule has 0 aliphatic carbocycles. The lowest BCUT2D eigenvalue weighted by Crippen LogP contribution is -2.21. The molecule has 0 aromatic heterocycles. The van der Waals surface area contributed by atoms with Crippen molar-refractivity contribution in [1.29, 1.82) is 0 Å². The third-order valence-corrected chi connectivity index (χ3v) is 3.33. The molecule has 112 valence electrons. The summed E-state index contributed by atoms with van der Waals surface area (Å²) in [5.41, 5.74) is 0.588. The van der Waals surface area contributed by atoms with Gasteiger partial charge in [-0.3, -0.25) is 0 Å². The van der Waals surface area contributed by atoms with Crippen molar-refractivity contribution in [1.82, 2.24) is 0 Å². The predicted molar refractivity (Wildman–Crippen MR) is 75.6 cm³/mol. The molecule has 2 rings (SSSR count). The SMILES string of the molecule is CN(CCC(O)c1cccc(F)c1F)c1cccc(F)c1. The summed E-state index contributed by atoms with van der Waals surface area (Å²) in [4.78, 5) is 1.74. The largest absolute Gasteiger partial charge is 0.388 e. The molecule has 0 bridgehead atoms. The van der Waals surface area contributed by atoms with Gasteiger partial charge in [0.05, 0.1) is 6.10 Å². The van der Waals surface area contributed by atoms with Crippen LogP contribution in [0.1, 0.15) is 18.1 Å². The van der Waals surface area contributed by atoms with Crippen molar-refractivity contribution in [2.24, 2.45) is 0 Å². The number of hydrogen-bond donors (Lipinski definition) is 1. The normalized spacial score (nSPS) is 12.2. The number of aliphatic hydroxyl groups excluding tert-OH is 1. The zero-order valence-corrected chi connectivity index (χ0v) is 11.6. The molecular formula is C16H16F3NO. The van der Waals surface area contributed by atoms with E-state index in [0.29, 0.717) is 12.2 Å². The van der Waals surface area contributed by atoms with Crippen molar-refractivity contribution in [3.05, 3.63) is 65.5 Å². The van der Waals surface area contributed by atoms with Crippen molar-refractivity contribution < 1.29 is 18.3 Å². The maximum Gasteiger partial charge on any atom is 0.164 e. The van der Waals surface area contributed by atoms with Crippen LogP contribution in [-0.4, -0.2) is 18.7 Å². The first-order chi connectivity index (χ1) is 9.99. The fraction of sp³-hybridized carbons (Fsp3) is 0.250. The molecule has 2 aromatic carbocycles. The standard InChI is InChI=1S/C16H16F3NO/c1-20(12-5-2-4-11(17)10-12)9-8-15(21)13-6-3-7-14(18)16(13)19/h2-7,10,15,21H,8-9H2,1H3. The predicted octanol–water partition coefficient (Wildman–Crippen LogP) is 3.66. The van der Waals surface area contributed by atoms with Crippen LogP contribution >= 0.6 is 0 Å². The van der Waals surface area contributed by atoms with E-state index in [2.05, 4.69) is 0 Å². The molecule has 0 amide bonds. The van der Waals surface area contributed by atoms with Gasteiger partial charge in [-0.05, 0) is 30.7 Å². The molecule has 1 N–H and O–H groups in total. The Morgan fingerprint density at radius 2 is 1.81 bits per heavy atom. The van der Waals surface area contributed by atoms with E-state index < -0.39 is 17.7 Å².